The van der Waals surface area contributed by atoms with Gasteiger partial charge in [0.1, 0.15) is 5.82 Å². The summed E-state index contributed by atoms with van der Waals surface area (Å²) in [6.45, 7) is 0.718. The summed E-state index contributed by atoms with van der Waals surface area (Å²) in [4.78, 5) is 25.4. The van der Waals surface area contributed by atoms with E-state index < -0.39 is 5.97 Å². The highest BCUT2D eigenvalue weighted by molar-refractivity contribution is 5.83. The highest BCUT2D eigenvalue weighted by atomic mass is 19.1. The highest BCUT2D eigenvalue weighted by Gasteiger charge is 2.47. The molecule has 1 aromatic carbocycles. The lowest BCUT2D eigenvalue weighted by Gasteiger charge is -2.36. The van der Waals surface area contributed by atoms with Gasteiger partial charge in [-0.2, -0.15) is 0 Å². The van der Waals surface area contributed by atoms with Crippen LogP contribution in [0.1, 0.15) is 50.0 Å². The molecule has 124 valence electrons. The molecule has 1 aliphatic heterocycles. The maximum Gasteiger partial charge on any atom is 0.303 e. The normalized spacial score (nSPS) is 26.8. The van der Waals surface area contributed by atoms with E-state index in [2.05, 4.69) is 0 Å². The van der Waals surface area contributed by atoms with Crippen LogP contribution in [-0.4, -0.2) is 34.5 Å². The minimum Gasteiger partial charge on any atom is -0.481 e. The summed E-state index contributed by atoms with van der Waals surface area (Å²) in [5, 5.41) is 8.87. The zero-order valence-electron chi connectivity index (χ0n) is 13.1. The number of hydrogen-bond acceptors (Lipinski definition) is 2. The molecule has 3 rings (SSSR count). The molecular weight excluding hydrogens is 297 g/mol. The van der Waals surface area contributed by atoms with Crippen LogP contribution in [-0.2, 0) is 9.59 Å². The van der Waals surface area contributed by atoms with Gasteiger partial charge in [0, 0.05) is 24.9 Å². The van der Waals surface area contributed by atoms with Gasteiger partial charge in [-0.1, -0.05) is 12.1 Å². The van der Waals surface area contributed by atoms with E-state index in [9.17, 15) is 14.0 Å². The monoisotopic (exact) mass is 319 g/mol. The van der Waals surface area contributed by atoms with Crippen molar-refractivity contribution in [2.45, 2.75) is 50.5 Å². The Kier molecular flexibility index (Phi) is 4.64. The first-order valence-electron chi connectivity index (χ1n) is 8.34. The van der Waals surface area contributed by atoms with E-state index in [1.54, 1.807) is 6.07 Å². The molecule has 0 unspecified atom stereocenters. The maximum atomic E-state index is 13.3. The number of carbonyl (C=O) groups is 2. The second-order valence-electron chi connectivity index (χ2n) is 6.62. The third-order valence-electron chi connectivity index (χ3n) is 4.99. The molecule has 4 nitrogen and oxygen atoms in total. The first kappa shape index (κ1) is 16.0. The standard InChI is InChI=1S/C18H22FNO3/c19-13-5-3-4-12(10-13)15-11-16(15)18(23)20-9-2-1-6-14(20)7-8-17(21)22/h3-5,10,14-16H,1-2,6-9,11H2,(H,21,22)/t14-,15+,16-/m0/s1. The van der Waals surface area contributed by atoms with Crippen LogP contribution in [0, 0.1) is 11.7 Å². The van der Waals surface area contributed by atoms with Gasteiger partial charge in [-0.25, -0.2) is 4.39 Å². The highest BCUT2D eigenvalue weighted by Crippen LogP contribution is 2.49. The molecule has 2 fully saturated rings. The number of likely N-dealkylation sites (tertiary alicyclic amines) is 1. The van der Waals surface area contributed by atoms with E-state index in [0.717, 1.165) is 37.8 Å². The summed E-state index contributed by atoms with van der Waals surface area (Å²) in [6, 6.07) is 6.52. The molecule has 1 saturated carbocycles. The number of hydrogen-bond donors (Lipinski definition) is 1. The fraction of sp³-hybridized carbons (Fsp3) is 0.556. The van der Waals surface area contributed by atoms with Crippen LogP contribution in [0.3, 0.4) is 0 Å². The minimum absolute atomic E-state index is 0.0427. The number of carbonyl (C=O) groups excluding carboxylic acids is 1. The average molecular weight is 319 g/mol. The molecule has 0 bridgehead atoms. The maximum absolute atomic E-state index is 13.3. The predicted octanol–water partition coefficient (Wildman–Crippen LogP) is 3.18. The van der Waals surface area contributed by atoms with Crippen LogP contribution in [0.15, 0.2) is 24.3 Å². The van der Waals surface area contributed by atoms with Gasteiger partial charge < -0.3 is 10.0 Å². The van der Waals surface area contributed by atoms with Crippen molar-refractivity contribution in [2.75, 3.05) is 6.54 Å². The van der Waals surface area contributed by atoms with Gasteiger partial charge in [0.2, 0.25) is 5.91 Å². The van der Waals surface area contributed by atoms with Crippen molar-refractivity contribution in [3.8, 4) is 0 Å². The number of rotatable bonds is 5. The first-order chi connectivity index (χ1) is 11.1. The van der Waals surface area contributed by atoms with Crippen LogP contribution in [0.5, 0.6) is 0 Å². The van der Waals surface area contributed by atoms with E-state index >= 15 is 0 Å². The number of aliphatic carboxylic acids is 1. The quantitative estimate of drug-likeness (QED) is 0.907. The Morgan fingerprint density at radius 1 is 1.30 bits per heavy atom. The van der Waals surface area contributed by atoms with Crippen LogP contribution in [0.4, 0.5) is 4.39 Å². The molecule has 23 heavy (non-hydrogen) atoms. The summed E-state index contributed by atoms with van der Waals surface area (Å²) in [5.41, 5.74) is 0.891. The topological polar surface area (TPSA) is 57.6 Å². The van der Waals surface area contributed by atoms with E-state index in [4.69, 9.17) is 5.11 Å². The zero-order valence-corrected chi connectivity index (χ0v) is 13.1. The number of nitrogens with zero attached hydrogens (tertiary/aromatic N) is 1. The van der Waals surface area contributed by atoms with E-state index in [1.807, 2.05) is 11.0 Å². The van der Waals surface area contributed by atoms with Crippen LogP contribution in [0.25, 0.3) is 0 Å². The third-order valence-corrected chi connectivity index (χ3v) is 4.99. The molecule has 0 radical (unpaired) electrons. The molecule has 3 atom stereocenters. The molecule has 1 N–H and O–H groups in total. The van der Waals surface area contributed by atoms with Crippen molar-refractivity contribution >= 4 is 11.9 Å². The molecule has 1 aromatic rings. The second kappa shape index (κ2) is 6.69. The van der Waals surface area contributed by atoms with Gasteiger partial charge in [-0.05, 0) is 55.7 Å². The van der Waals surface area contributed by atoms with Crippen molar-refractivity contribution in [3.63, 3.8) is 0 Å². The van der Waals surface area contributed by atoms with Crippen molar-refractivity contribution in [3.05, 3.63) is 35.6 Å². The largest absolute Gasteiger partial charge is 0.481 e. The number of carboxylic acids is 1. The Bertz CT molecular complexity index is 604. The Morgan fingerprint density at radius 3 is 2.87 bits per heavy atom. The number of carboxylic acid groups (broad SMARTS) is 1. The van der Waals surface area contributed by atoms with Gasteiger partial charge >= 0.3 is 5.97 Å². The minimum atomic E-state index is -0.813. The Morgan fingerprint density at radius 2 is 2.13 bits per heavy atom. The number of halogens is 1. The van der Waals surface area contributed by atoms with E-state index in [-0.39, 0.29) is 36.0 Å². The first-order valence-corrected chi connectivity index (χ1v) is 8.34. The number of piperidine rings is 1. The number of benzene rings is 1. The van der Waals surface area contributed by atoms with Gasteiger partial charge in [-0.3, -0.25) is 9.59 Å². The molecule has 2 aliphatic rings. The van der Waals surface area contributed by atoms with E-state index in [0.29, 0.717) is 6.42 Å². The third kappa shape index (κ3) is 3.71. The second-order valence-corrected chi connectivity index (χ2v) is 6.62. The van der Waals surface area contributed by atoms with Crippen molar-refractivity contribution in [1.29, 1.82) is 0 Å². The fourth-order valence-corrected chi connectivity index (χ4v) is 3.67. The Hall–Kier alpha value is -1.91. The lowest BCUT2D eigenvalue weighted by atomic mass is 9.97. The molecular formula is C18H22FNO3. The van der Waals surface area contributed by atoms with Crippen molar-refractivity contribution in [2.24, 2.45) is 5.92 Å². The summed E-state index contributed by atoms with van der Waals surface area (Å²) in [7, 11) is 0. The molecule has 0 spiro atoms. The van der Waals surface area contributed by atoms with Gasteiger partial charge in [-0.15, -0.1) is 0 Å². The lowest BCUT2D eigenvalue weighted by molar-refractivity contribution is -0.140. The Balaban J connectivity index is 1.63. The molecule has 1 saturated heterocycles. The molecule has 1 amide bonds. The summed E-state index contributed by atoms with van der Waals surface area (Å²) in [6.07, 6.45) is 4.31. The molecule has 5 heteroatoms. The summed E-state index contributed by atoms with van der Waals surface area (Å²) >= 11 is 0. The molecule has 0 aromatic heterocycles. The molecule has 1 heterocycles. The van der Waals surface area contributed by atoms with Crippen LogP contribution in [0.2, 0.25) is 0 Å². The fourth-order valence-electron chi connectivity index (χ4n) is 3.67. The predicted molar refractivity (Wildman–Crippen MR) is 83.5 cm³/mol. The Labute approximate surface area is 135 Å². The smallest absolute Gasteiger partial charge is 0.303 e. The van der Waals surface area contributed by atoms with Crippen molar-refractivity contribution in [1.82, 2.24) is 4.90 Å². The average Bonchev–Trinajstić information content (AvgIpc) is 3.33. The van der Waals surface area contributed by atoms with Crippen LogP contribution >= 0.6 is 0 Å². The van der Waals surface area contributed by atoms with Gasteiger partial charge in [0.15, 0.2) is 0 Å². The summed E-state index contributed by atoms with van der Waals surface area (Å²) in [5.74, 6) is -0.915. The lowest BCUT2D eigenvalue weighted by Crippen LogP contribution is -2.44. The SMILES string of the molecule is O=C(O)CC[C@@H]1CCCCN1C(=O)[C@H]1C[C@@H]1c1cccc(F)c1. The van der Waals surface area contributed by atoms with E-state index in [1.165, 1.54) is 12.1 Å². The molecule has 1 aliphatic carbocycles. The number of amides is 1. The zero-order chi connectivity index (χ0) is 16.4. The summed E-state index contributed by atoms with van der Waals surface area (Å²) < 4.78 is 13.3. The van der Waals surface area contributed by atoms with Gasteiger partial charge in [0.25, 0.3) is 0 Å². The van der Waals surface area contributed by atoms with Crippen LogP contribution < -0.4 is 0 Å². The van der Waals surface area contributed by atoms with Gasteiger partial charge in [0.05, 0.1) is 0 Å². The van der Waals surface area contributed by atoms with Crippen molar-refractivity contribution < 1.29 is 19.1 Å².